The van der Waals surface area contributed by atoms with Crippen molar-refractivity contribution in [2.75, 3.05) is 12.8 Å². The first-order valence-corrected chi connectivity index (χ1v) is 7.42. The van der Waals surface area contributed by atoms with Gasteiger partial charge in [-0.3, -0.25) is 14.9 Å². The number of fused-ring (bicyclic) bond motifs is 1. The summed E-state index contributed by atoms with van der Waals surface area (Å²) in [6.07, 6.45) is 2.90. The molecule has 0 bridgehead atoms. The molecule has 128 valence electrons. The molecule has 0 amide bonds. The Morgan fingerprint density at radius 3 is 2.88 bits per heavy atom. The molecule has 0 saturated heterocycles. The molecule has 2 N–H and O–H groups in total. The summed E-state index contributed by atoms with van der Waals surface area (Å²) in [5, 5.41) is 15.0. The van der Waals surface area contributed by atoms with Crippen molar-refractivity contribution in [3.8, 4) is 11.1 Å². The van der Waals surface area contributed by atoms with Crippen LogP contribution in [0.4, 0.5) is 11.5 Å². The number of nitro groups is 1. The summed E-state index contributed by atoms with van der Waals surface area (Å²) >= 11 is 6.02. The fourth-order valence-corrected chi connectivity index (χ4v) is 2.83. The summed E-state index contributed by atoms with van der Waals surface area (Å²) in [4.78, 5) is 26.1. The Labute approximate surface area is 146 Å². The molecule has 9 nitrogen and oxygen atoms in total. The monoisotopic (exact) mass is 361 g/mol. The standard InChI is InChI=1S/C15H12ClN5O4/c1-25-12(22)5-9-6-20-14(15(17)18-7-19-20)13(9)8-2-3-11(21(23)24)10(16)4-8/h2-4,6-7H,5H2,1H3,(H2,17,18,19). The average molecular weight is 362 g/mol. The Morgan fingerprint density at radius 2 is 2.24 bits per heavy atom. The number of esters is 1. The molecule has 1 aromatic carbocycles. The fourth-order valence-electron chi connectivity index (χ4n) is 2.58. The van der Waals surface area contributed by atoms with Crippen molar-refractivity contribution in [3.63, 3.8) is 0 Å². The number of aromatic nitrogens is 3. The lowest BCUT2D eigenvalue weighted by Gasteiger charge is -2.06. The molecule has 0 spiro atoms. The van der Waals surface area contributed by atoms with Gasteiger partial charge < -0.3 is 10.5 Å². The SMILES string of the molecule is COC(=O)Cc1cn2ncnc(N)c2c1-c1ccc([N+](=O)[O-])c(Cl)c1. The number of halogens is 1. The summed E-state index contributed by atoms with van der Waals surface area (Å²) in [5.41, 5.74) is 7.93. The normalized spacial score (nSPS) is 10.8. The predicted molar refractivity (Wildman–Crippen MR) is 90.2 cm³/mol. The summed E-state index contributed by atoms with van der Waals surface area (Å²) in [5.74, 6) is -0.243. The third-order valence-electron chi connectivity index (χ3n) is 3.68. The summed E-state index contributed by atoms with van der Waals surface area (Å²) < 4.78 is 6.21. The van der Waals surface area contributed by atoms with E-state index in [1.165, 1.54) is 36.2 Å². The summed E-state index contributed by atoms with van der Waals surface area (Å²) in [7, 11) is 1.29. The van der Waals surface area contributed by atoms with E-state index in [2.05, 4.69) is 10.1 Å². The molecule has 0 saturated carbocycles. The second-order valence-corrected chi connectivity index (χ2v) is 5.55. The molecule has 0 aliphatic rings. The molecule has 0 radical (unpaired) electrons. The molecule has 25 heavy (non-hydrogen) atoms. The minimum Gasteiger partial charge on any atom is -0.469 e. The van der Waals surface area contributed by atoms with Gasteiger partial charge in [0.2, 0.25) is 0 Å². The van der Waals surface area contributed by atoms with Crippen molar-refractivity contribution in [3.05, 3.63) is 51.4 Å². The van der Waals surface area contributed by atoms with Crippen molar-refractivity contribution in [2.45, 2.75) is 6.42 Å². The lowest BCUT2D eigenvalue weighted by Crippen LogP contribution is -2.04. The van der Waals surface area contributed by atoms with Crippen molar-refractivity contribution in [2.24, 2.45) is 0 Å². The number of methoxy groups -OCH3 is 1. The van der Waals surface area contributed by atoms with Crippen molar-refractivity contribution in [1.29, 1.82) is 0 Å². The molecule has 0 unspecified atom stereocenters. The minimum absolute atomic E-state index is 0.0246. The molecule has 0 aliphatic heterocycles. The van der Waals surface area contributed by atoms with Crippen LogP contribution in [0.2, 0.25) is 5.02 Å². The van der Waals surface area contributed by atoms with E-state index in [-0.39, 0.29) is 22.9 Å². The molecule has 0 fully saturated rings. The van der Waals surface area contributed by atoms with E-state index >= 15 is 0 Å². The van der Waals surface area contributed by atoms with Crippen molar-refractivity contribution in [1.82, 2.24) is 14.6 Å². The number of nitrogen functional groups attached to an aromatic ring is 1. The maximum atomic E-state index is 11.7. The number of benzene rings is 1. The molecule has 0 atom stereocenters. The Morgan fingerprint density at radius 1 is 1.48 bits per heavy atom. The second kappa shape index (κ2) is 6.36. The van der Waals surface area contributed by atoms with Gasteiger partial charge in [0.05, 0.1) is 18.5 Å². The third kappa shape index (κ3) is 2.96. The van der Waals surface area contributed by atoms with Gasteiger partial charge in [-0.1, -0.05) is 11.6 Å². The molecule has 3 aromatic rings. The second-order valence-electron chi connectivity index (χ2n) is 5.14. The number of hydrogen-bond acceptors (Lipinski definition) is 7. The number of nitrogens with two attached hydrogens (primary N) is 1. The fraction of sp³-hybridized carbons (Fsp3) is 0.133. The smallest absolute Gasteiger partial charge is 0.310 e. The van der Waals surface area contributed by atoms with Gasteiger partial charge in [-0.15, -0.1) is 0 Å². The lowest BCUT2D eigenvalue weighted by atomic mass is 10.0. The Hall–Kier alpha value is -3.20. The molecule has 2 aromatic heterocycles. The van der Waals surface area contributed by atoms with Gasteiger partial charge in [-0.2, -0.15) is 5.10 Å². The van der Waals surface area contributed by atoms with Gasteiger partial charge in [-0.05, 0) is 23.3 Å². The van der Waals surface area contributed by atoms with Gasteiger partial charge in [0.25, 0.3) is 5.69 Å². The number of anilines is 1. The van der Waals surface area contributed by atoms with E-state index in [1.807, 2.05) is 0 Å². The van der Waals surface area contributed by atoms with Gasteiger partial charge >= 0.3 is 5.97 Å². The van der Waals surface area contributed by atoms with Crippen LogP contribution in [0.1, 0.15) is 5.56 Å². The van der Waals surface area contributed by atoms with Gasteiger partial charge in [0, 0.05) is 17.8 Å². The highest BCUT2D eigenvalue weighted by atomic mass is 35.5. The van der Waals surface area contributed by atoms with E-state index in [0.717, 1.165) is 0 Å². The van der Waals surface area contributed by atoms with Crippen LogP contribution in [0.5, 0.6) is 0 Å². The number of carbonyl (C=O) groups excluding carboxylic acids is 1. The van der Waals surface area contributed by atoms with Crippen LogP contribution < -0.4 is 5.73 Å². The van der Waals surface area contributed by atoms with Crippen LogP contribution in [-0.2, 0) is 16.0 Å². The minimum atomic E-state index is -0.573. The van der Waals surface area contributed by atoms with Crippen LogP contribution >= 0.6 is 11.6 Å². The number of hydrogen-bond donors (Lipinski definition) is 1. The first-order chi connectivity index (χ1) is 11.9. The molecule has 3 rings (SSSR count). The molecular formula is C15H12ClN5O4. The molecule has 2 heterocycles. The average Bonchev–Trinajstić information content (AvgIpc) is 2.93. The van der Waals surface area contributed by atoms with E-state index in [4.69, 9.17) is 22.1 Å². The predicted octanol–water partition coefficient (Wildman–Crippen LogP) is 2.26. The molecule has 0 aliphatic carbocycles. The number of rotatable bonds is 4. The van der Waals surface area contributed by atoms with Gasteiger partial charge in [0.1, 0.15) is 16.9 Å². The highest BCUT2D eigenvalue weighted by Gasteiger charge is 2.21. The first kappa shape index (κ1) is 16.7. The Bertz CT molecular complexity index is 1000. The first-order valence-electron chi connectivity index (χ1n) is 7.04. The van der Waals surface area contributed by atoms with E-state index in [0.29, 0.717) is 22.2 Å². The summed E-state index contributed by atoms with van der Waals surface area (Å²) in [6, 6.07) is 4.28. The number of nitro benzene ring substituents is 1. The van der Waals surface area contributed by atoms with Crippen LogP contribution in [0.25, 0.3) is 16.6 Å². The topological polar surface area (TPSA) is 126 Å². The maximum absolute atomic E-state index is 11.7. The summed E-state index contributed by atoms with van der Waals surface area (Å²) in [6.45, 7) is 0. The zero-order valence-electron chi connectivity index (χ0n) is 13.0. The number of ether oxygens (including phenoxy) is 1. The van der Waals surface area contributed by atoms with Crippen LogP contribution in [0.3, 0.4) is 0 Å². The largest absolute Gasteiger partial charge is 0.469 e. The van der Waals surface area contributed by atoms with E-state index in [1.54, 1.807) is 6.20 Å². The quantitative estimate of drug-likeness (QED) is 0.429. The highest BCUT2D eigenvalue weighted by molar-refractivity contribution is 6.33. The zero-order valence-corrected chi connectivity index (χ0v) is 13.7. The van der Waals surface area contributed by atoms with Gasteiger partial charge in [0.15, 0.2) is 5.82 Å². The number of nitrogens with zero attached hydrogens (tertiary/aromatic N) is 4. The third-order valence-corrected chi connectivity index (χ3v) is 3.98. The van der Waals surface area contributed by atoms with Gasteiger partial charge in [-0.25, -0.2) is 9.50 Å². The maximum Gasteiger partial charge on any atom is 0.310 e. The molecule has 10 heteroatoms. The number of carbonyl (C=O) groups is 1. The van der Waals surface area contributed by atoms with Crippen LogP contribution in [-0.4, -0.2) is 32.6 Å². The Kier molecular flexibility index (Phi) is 4.24. The zero-order chi connectivity index (χ0) is 18.1. The van der Waals surface area contributed by atoms with Crippen LogP contribution in [0.15, 0.2) is 30.7 Å². The van der Waals surface area contributed by atoms with Crippen molar-refractivity contribution < 1.29 is 14.5 Å². The highest BCUT2D eigenvalue weighted by Crippen LogP contribution is 2.36. The van der Waals surface area contributed by atoms with E-state index in [9.17, 15) is 14.9 Å². The lowest BCUT2D eigenvalue weighted by molar-refractivity contribution is -0.384. The van der Waals surface area contributed by atoms with Crippen LogP contribution in [0, 0.1) is 10.1 Å². The Balaban J connectivity index is 2.26. The molecular weight excluding hydrogens is 350 g/mol. The van der Waals surface area contributed by atoms with E-state index < -0.39 is 10.9 Å². The van der Waals surface area contributed by atoms with Crippen molar-refractivity contribution >= 4 is 34.6 Å².